The summed E-state index contributed by atoms with van der Waals surface area (Å²) < 4.78 is 15.5. The first kappa shape index (κ1) is 15.7. The number of hydrogen-bond donors (Lipinski definition) is 1. The van der Waals surface area contributed by atoms with Crippen molar-refractivity contribution in [2.45, 2.75) is 6.42 Å². The largest absolute Gasteiger partial charge is 0.497 e. The average molecular weight is 301 g/mol. The zero-order valence-corrected chi connectivity index (χ0v) is 12.9. The molecule has 116 valence electrons. The molecule has 0 radical (unpaired) electrons. The molecule has 5 heteroatoms. The van der Waals surface area contributed by atoms with Crippen molar-refractivity contribution in [2.24, 2.45) is 0 Å². The van der Waals surface area contributed by atoms with Crippen LogP contribution in [0, 0.1) is 0 Å². The first-order valence-corrected chi connectivity index (χ1v) is 6.81. The molecule has 0 bridgehead atoms. The van der Waals surface area contributed by atoms with Gasteiger partial charge in [-0.3, -0.25) is 4.79 Å². The van der Waals surface area contributed by atoms with Gasteiger partial charge in [-0.2, -0.15) is 0 Å². The van der Waals surface area contributed by atoms with Gasteiger partial charge in [0.05, 0.1) is 27.8 Å². The third-order valence-corrected chi connectivity index (χ3v) is 3.17. The molecule has 0 heterocycles. The van der Waals surface area contributed by atoms with E-state index < -0.39 is 0 Å². The molecule has 2 aromatic rings. The van der Waals surface area contributed by atoms with Crippen molar-refractivity contribution in [1.29, 1.82) is 0 Å². The Morgan fingerprint density at radius 3 is 2.41 bits per heavy atom. The van der Waals surface area contributed by atoms with E-state index in [-0.39, 0.29) is 12.3 Å². The molecule has 0 saturated heterocycles. The molecule has 2 aromatic carbocycles. The van der Waals surface area contributed by atoms with E-state index in [4.69, 9.17) is 14.2 Å². The lowest BCUT2D eigenvalue weighted by atomic mass is 10.1. The van der Waals surface area contributed by atoms with E-state index >= 15 is 0 Å². The van der Waals surface area contributed by atoms with Crippen LogP contribution in [0.4, 0.5) is 5.69 Å². The van der Waals surface area contributed by atoms with Gasteiger partial charge < -0.3 is 19.5 Å². The molecule has 0 fully saturated rings. The summed E-state index contributed by atoms with van der Waals surface area (Å²) in [5.41, 5.74) is 1.54. The fraction of sp³-hybridized carbons (Fsp3) is 0.235. The summed E-state index contributed by atoms with van der Waals surface area (Å²) in [6, 6.07) is 12.7. The van der Waals surface area contributed by atoms with Crippen molar-refractivity contribution >= 4 is 11.6 Å². The number of anilines is 1. The monoisotopic (exact) mass is 301 g/mol. The first-order valence-electron chi connectivity index (χ1n) is 6.81. The third kappa shape index (κ3) is 3.91. The van der Waals surface area contributed by atoms with Gasteiger partial charge in [-0.15, -0.1) is 0 Å². The summed E-state index contributed by atoms with van der Waals surface area (Å²) in [7, 11) is 4.72. The Labute approximate surface area is 129 Å². The average Bonchev–Trinajstić information content (AvgIpc) is 2.54. The van der Waals surface area contributed by atoms with Gasteiger partial charge in [0, 0.05) is 11.8 Å². The Bertz CT molecular complexity index is 655. The van der Waals surface area contributed by atoms with Crippen LogP contribution in [0.25, 0.3) is 0 Å². The van der Waals surface area contributed by atoms with Crippen molar-refractivity contribution in [3.8, 4) is 17.2 Å². The maximum Gasteiger partial charge on any atom is 0.228 e. The van der Waals surface area contributed by atoms with Crippen molar-refractivity contribution in [3.63, 3.8) is 0 Å². The second kappa shape index (κ2) is 7.36. The highest BCUT2D eigenvalue weighted by Gasteiger charge is 2.08. The Hall–Kier alpha value is -2.69. The maximum absolute atomic E-state index is 12.1. The lowest BCUT2D eigenvalue weighted by Gasteiger charge is -2.11. The minimum atomic E-state index is -0.111. The van der Waals surface area contributed by atoms with E-state index in [0.29, 0.717) is 17.2 Å². The molecule has 22 heavy (non-hydrogen) atoms. The number of amides is 1. The summed E-state index contributed by atoms with van der Waals surface area (Å²) >= 11 is 0. The second-order valence-electron chi connectivity index (χ2n) is 4.65. The van der Waals surface area contributed by atoms with Gasteiger partial charge in [0.2, 0.25) is 5.91 Å². The molecule has 0 aliphatic heterocycles. The standard InChI is InChI=1S/C17H19NO4/c1-20-14-6-4-5-12(9-14)10-17(19)18-13-7-8-15(21-2)16(11-13)22-3/h4-9,11H,10H2,1-3H3,(H,18,19). The normalized spacial score (nSPS) is 9.95. The van der Waals surface area contributed by atoms with E-state index in [0.717, 1.165) is 11.3 Å². The van der Waals surface area contributed by atoms with Crippen LogP contribution < -0.4 is 19.5 Å². The van der Waals surface area contributed by atoms with Crippen LogP contribution in [-0.2, 0) is 11.2 Å². The zero-order chi connectivity index (χ0) is 15.9. The van der Waals surface area contributed by atoms with E-state index in [1.807, 2.05) is 24.3 Å². The molecular formula is C17H19NO4. The van der Waals surface area contributed by atoms with Gasteiger partial charge in [0.25, 0.3) is 0 Å². The fourth-order valence-corrected chi connectivity index (χ4v) is 2.09. The molecule has 2 rings (SSSR count). The van der Waals surface area contributed by atoms with Crippen LogP contribution >= 0.6 is 0 Å². The molecule has 0 spiro atoms. The molecule has 0 unspecified atom stereocenters. The maximum atomic E-state index is 12.1. The van der Waals surface area contributed by atoms with Crippen molar-refractivity contribution in [1.82, 2.24) is 0 Å². The number of ether oxygens (including phenoxy) is 3. The molecule has 5 nitrogen and oxygen atoms in total. The van der Waals surface area contributed by atoms with Gasteiger partial charge in [0.15, 0.2) is 11.5 Å². The van der Waals surface area contributed by atoms with E-state index in [1.54, 1.807) is 39.5 Å². The van der Waals surface area contributed by atoms with Gasteiger partial charge in [-0.1, -0.05) is 12.1 Å². The van der Waals surface area contributed by atoms with E-state index in [1.165, 1.54) is 0 Å². The van der Waals surface area contributed by atoms with Crippen LogP contribution in [0.15, 0.2) is 42.5 Å². The number of nitrogens with one attached hydrogen (secondary N) is 1. The van der Waals surface area contributed by atoms with E-state index in [2.05, 4.69) is 5.32 Å². The summed E-state index contributed by atoms with van der Waals surface area (Å²) in [5.74, 6) is 1.81. The van der Waals surface area contributed by atoms with Crippen LogP contribution in [0.5, 0.6) is 17.2 Å². The minimum absolute atomic E-state index is 0.111. The molecule has 1 amide bonds. The molecule has 0 aromatic heterocycles. The topological polar surface area (TPSA) is 56.8 Å². The molecule has 1 N–H and O–H groups in total. The number of methoxy groups -OCH3 is 3. The van der Waals surface area contributed by atoms with Crippen molar-refractivity contribution in [2.75, 3.05) is 26.6 Å². The van der Waals surface area contributed by atoms with Gasteiger partial charge in [-0.05, 0) is 29.8 Å². The highest BCUT2D eigenvalue weighted by molar-refractivity contribution is 5.92. The Morgan fingerprint density at radius 1 is 0.955 bits per heavy atom. The Balaban J connectivity index is 2.05. The molecular weight excluding hydrogens is 282 g/mol. The molecule has 0 atom stereocenters. The second-order valence-corrected chi connectivity index (χ2v) is 4.65. The number of hydrogen-bond acceptors (Lipinski definition) is 4. The van der Waals surface area contributed by atoms with Crippen LogP contribution in [0.1, 0.15) is 5.56 Å². The van der Waals surface area contributed by atoms with Crippen molar-refractivity contribution < 1.29 is 19.0 Å². The SMILES string of the molecule is COc1cccc(CC(=O)Nc2ccc(OC)c(OC)c2)c1. The quantitative estimate of drug-likeness (QED) is 0.891. The summed E-state index contributed by atoms with van der Waals surface area (Å²) in [6.07, 6.45) is 0.269. The van der Waals surface area contributed by atoms with Crippen molar-refractivity contribution in [3.05, 3.63) is 48.0 Å². The predicted octanol–water partition coefficient (Wildman–Crippen LogP) is 2.89. The smallest absolute Gasteiger partial charge is 0.228 e. The minimum Gasteiger partial charge on any atom is -0.497 e. The van der Waals surface area contributed by atoms with Gasteiger partial charge in [0.1, 0.15) is 5.75 Å². The summed E-state index contributed by atoms with van der Waals surface area (Å²) in [5, 5.41) is 2.84. The lowest BCUT2D eigenvalue weighted by Crippen LogP contribution is -2.14. The number of rotatable bonds is 6. The number of carbonyl (C=O) groups is 1. The number of benzene rings is 2. The van der Waals surface area contributed by atoms with Crippen LogP contribution in [-0.4, -0.2) is 27.2 Å². The zero-order valence-electron chi connectivity index (χ0n) is 12.9. The lowest BCUT2D eigenvalue weighted by molar-refractivity contribution is -0.115. The Morgan fingerprint density at radius 2 is 1.73 bits per heavy atom. The van der Waals surface area contributed by atoms with Crippen LogP contribution in [0.3, 0.4) is 0 Å². The van der Waals surface area contributed by atoms with E-state index in [9.17, 15) is 4.79 Å². The molecule has 0 aliphatic carbocycles. The van der Waals surface area contributed by atoms with Gasteiger partial charge >= 0.3 is 0 Å². The summed E-state index contributed by atoms with van der Waals surface area (Å²) in [6.45, 7) is 0. The fourth-order valence-electron chi connectivity index (χ4n) is 2.09. The number of carbonyl (C=O) groups excluding carboxylic acids is 1. The van der Waals surface area contributed by atoms with Gasteiger partial charge in [-0.25, -0.2) is 0 Å². The third-order valence-electron chi connectivity index (χ3n) is 3.17. The molecule has 0 aliphatic rings. The first-order chi connectivity index (χ1) is 10.7. The Kier molecular flexibility index (Phi) is 5.25. The predicted molar refractivity (Wildman–Crippen MR) is 84.9 cm³/mol. The summed E-state index contributed by atoms with van der Waals surface area (Å²) in [4.78, 5) is 12.1. The van der Waals surface area contributed by atoms with Crippen LogP contribution in [0.2, 0.25) is 0 Å². The highest BCUT2D eigenvalue weighted by atomic mass is 16.5. The molecule has 0 saturated carbocycles. The highest BCUT2D eigenvalue weighted by Crippen LogP contribution is 2.29.